The third-order valence-corrected chi connectivity index (χ3v) is 4.51. The monoisotopic (exact) mass is 313 g/mol. The van der Waals surface area contributed by atoms with Crippen molar-refractivity contribution in [2.75, 3.05) is 5.32 Å². The Balaban J connectivity index is 1.71. The maximum atomic E-state index is 12.2. The summed E-state index contributed by atoms with van der Waals surface area (Å²) in [5.41, 5.74) is 2.01. The lowest BCUT2D eigenvalue weighted by Gasteiger charge is -2.21. The number of fused-ring (bicyclic) bond motifs is 1. The van der Waals surface area contributed by atoms with Gasteiger partial charge in [0.25, 0.3) is 5.91 Å². The number of thioether (sulfide) groups is 1. The lowest BCUT2D eigenvalue weighted by atomic mass is 10.1. The van der Waals surface area contributed by atoms with Gasteiger partial charge >= 0.3 is 0 Å². The predicted molar refractivity (Wildman–Crippen MR) is 85.8 cm³/mol. The first-order valence-corrected chi connectivity index (χ1v) is 7.81. The van der Waals surface area contributed by atoms with Crippen LogP contribution in [0.4, 0.5) is 5.69 Å². The molecule has 0 saturated heterocycles. The number of carbonyl (C=O) groups is 2. The van der Waals surface area contributed by atoms with Gasteiger partial charge in [-0.3, -0.25) is 14.6 Å². The highest BCUT2D eigenvalue weighted by Crippen LogP contribution is 2.35. The van der Waals surface area contributed by atoms with Gasteiger partial charge in [-0.2, -0.15) is 0 Å². The molecule has 22 heavy (non-hydrogen) atoms. The molecule has 2 amide bonds. The molecule has 1 aliphatic rings. The van der Waals surface area contributed by atoms with Crippen LogP contribution >= 0.6 is 11.8 Å². The largest absolute Gasteiger partial charge is 0.346 e. The Labute approximate surface area is 132 Å². The summed E-state index contributed by atoms with van der Waals surface area (Å²) in [5.74, 6) is -0.227. The minimum Gasteiger partial charge on any atom is -0.346 e. The van der Waals surface area contributed by atoms with E-state index in [0.717, 1.165) is 10.6 Å². The zero-order chi connectivity index (χ0) is 15.5. The van der Waals surface area contributed by atoms with Crippen LogP contribution in [0.1, 0.15) is 23.0 Å². The Kier molecular flexibility index (Phi) is 4.11. The standard InChI is InChI=1S/C16H15N3O2S/c1-10-15(20)19-13-8-11(5-6-14(13)22-10)16(21)18-9-12-4-2-3-7-17-12/h2-8,10H,9H2,1H3,(H,18,21)(H,19,20)/t10-/m0/s1. The van der Waals surface area contributed by atoms with Crippen LogP contribution < -0.4 is 10.6 Å². The fourth-order valence-corrected chi connectivity index (χ4v) is 3.06. The van der Waals surface area contributed by atoms with Crippen LogP contribution in [0.25, 0.3) is 0 Å². The van der Waals surface area contributed by atoms with E-state index in [9.17, 15) is 9.59 Å². The first-order chi connectivity index (χ1) is 10.6. The number of amides is 2. The van der Waals surface area contributed by atoms with Crippen LogP contribution in [0, 0.1) is 0 Å². The Morgan fingerprint density at radius 3 is 3.00 bits per heavy atom. The maximum Gasteiger partial charge on any atom is 0.251 e. The van der Waals surface area contributed by atoms with E-state index in [4.69, 9.17) is 0 Å². The highest BCUT2D eigenvalue weighted by atomic mass is 32.2. The van der Waals surface area contributed by atoms with Crippen molar-refractivity contribution in [2.45, 2.75) is 23.6 Å². The van der Waals surface area contributed by atoms with Crippen molar-refractivity contribution in [3.8, 4) is 0 Å². The summed E-state index contributed by atoms with van der Waals surface area (Å²) in [7, 11) is 0. The molecule has 1 aromatic carbocycles. The molecule has 0 fully saturated rings. The van der Waals surface area contributed by atoms with Gasteiger partial charge in [0.1, 0.15) is 0 Å². The Bertz CT molecular complexity index is 719. The molecule has 2 N–H and O–H groups in total. The number of rotatable bonds is 3. The highest BCUT2D eigenvalue weighted by molar-refractivity contribution is 8.00. The minimum absolute atomic E-state index is 0.0384. The molecule has 2 aromatic rings. The van der Waals surface area contributed by atoms with E-state index >= 15 is 0 Å². The SMILES string of the molecule is C[C@@H]1Sc2ccc(C(=O)NCc3ccccn3)cc2NC1=O. The average molecular weight is 313 g/mol. The van der Waals surface area contributed by atoms with Gasteiger partial charge in [-0.25, -0.2) is 0 Å². The van der Waals surface area contributed by atoms with Gasteiger partial charge in [0.15, 0.2) is 0 Å². The van der Waals surface area contributed by atoms with E-state index in [1.54, 1.807) is 18.3 Å². The summed E-state index contributed by atoms with van der Waals surface area (Å²) in [5, 5.41) is 5.53. The molecule has 0 spiro atoms. The van der Waals surface area contributed by atoms with Crippen molar-refractivity contribution in [1.29, 1.82) is 0 Å². The van der Waals surface area contributed by atoms with E-state index in [2.05, 4.69) is 15.6 Å². The summed E-state index contributed by atoms with van der Waals surface area (Å²) < 4.78 is 0. The van der Waals surface area contributed by atoms with E-state index in [1.807, 2.05) is 31.2 Å². The molecule has 3 rings (SSSR count). The summed E-state index contributed by atoms with van der Waals surface area (Å²) in [6.07, 6.45) is 1.69. The molecule has 1 atom stereocenters. The lowest BCUT2D eigenvalue weighted by Crippen LogP contribution is -2.27. The van der Waals surface area contributed by atoms with Gasteiger partial charge in [0, 0.05) is 16.7 Å². The van der Waals surface area contributed by atoms with Crippen molar-refractivity contribution in [1.82, 2.24) is 10.3 Å². The summed E-state index contributed by atoms with van der Waals surface area (Å²) in [6.45, 7) is 2.23. The molecule has 5 nitrogen and oxygen atoms in total. The Morgan fingerprint density at radius 2 is 2.23 bits per heavy atom. The van der Waals surface area contributed by atoms with Gasteiger partial charge in [-0.15, -0.1) is 11.8 Å². The van der Waals surface area contributed by atoms with Crippen molar-refractivity contribution < 1.29 is 9.59 Å². The minimum atomic E-state index is -0.189. The van der Waals surface area contributed by atoms with Crippen LogP contribution in [-0.2, 0) is 11.3 Å². The quantitative estimate of drug-likeness (QED) is 0.913. The van der Waals surface area contributed by atoms with Gasteiger partial charge in [0.05, 0.1) is 23.2 Å². The fraction of sp³-hybridized carbons (Fsp3) is 0.188. The number of anilines is 1. The van der Waals surface area contributed by atoms with Crippen molar-refractivity contribution in [3.05, 3.63) is 53.9 Å². The average Bonchev–Trinajstić information content (AvgIpc) is 2.54. The second-order valence-corrected chi connectivity index (χ2v) is 6.35. The second-order valence-electron chi connectivity index (χ2n) is 4.96. The highest BCUT2D eigenvalue weighted by Gasteiger charge is 2.23. The molecular formula is C16H15N3O2S. The van der Waals surface area contributed by atoms with Gasteiger partial charge < -0.3 is 10.6 Å². The second kappa shape index (κ2) is 6.19. The number of nitrogens with one attached hydrogen (secondary N) is 2. The number of carbonyl (C=O) groups excluding carboxylic acids is 2. The first-order valence-electron chi connectivity index (χ1n) is 6.93. The van der Waals surface area contributed by atoms with E-state index in [1.165, 1.54) is 11.8 Å². The number of hydrogen-bond donors (Lipinski definition) is 2. The fourth-order valence-electron chi connectivity index (χ4n) is 2.13. The van der Waals surface area contributed by atoms with E-state index in [-0.39, 0.29) is 17.1 Å². The van der Waals surface area contributed by atoms with Crippen LogP contribution in [0.5, 0.6) is 0 Å². The van der Waals surface area contributed by atoms with Crippen LogP contribution in [0.2, 0.25) is 0 Å². The van der Waals surface area contributed by atoms with Gasteiger partial charge in [0.2, 0.25) is 5.91 Å². The number of hydrogen-bond acceptors (Lipinski definition) is 4. The van der Waals surface area contributed by atoms with Crippen LogP contribution in [-0.4, -0.2) is 22.0 Å². The van der Waals surface area contributed by atoms with Crippen LogP contribution in [0.15, 0.2) is 47.5 Å². The Hall–Kier alpha value is -2.34. The number of pyridine rings is 1. The van der Waals surface area contributed by atoms with Crippen LogP contribution in [0.3, 0.4) is 0 Å². The van der Waals surface area contributed by atoms with E-state index < -0.39 is 0 Å². The van der Waals surface area contributed by atoms with Gasteiger partial charge in [-0.1, -0.05) is 6.07 Å². The lowest BCUT2D eigenvalue weighted by molar-refractivity contribution is -0.115. The predicted octanol–water partition coefficient (Wildman–Crippen LogP) is 2.44. The molecule has 6 heteroatoms. The first kappa shape index (κ1) is 14.6. The van der Waals surface area contributed by atoms with Crippen molar-refractivity contribution in [3.63, 3.8) is 0 Å². The molecule has 0 saturated carbocycles. The molecule has 0 unspecified atom stereocenters. The third-order valence-electron chi connectivity index (χ3n) is 3.33. The molecule has 0 bridgehead atoms. The number of benzene rings is 1. The maximum absolute atomic E-state index is 12.2. The Morgan fingerprint density at radius 1 is 1.36 bits per heavy atom. The molecule has 2 heterocycles. The van der Waals surface area contributed by atoms with Crippen molar-refractivity contribution >= 4 is 29.3 Å². The van der Waals surface area contributed by atoms with Crippen molar-refractivity contribution in [2.24, 2.45) is 0 Å². The molecule has 112 valence electrons. The number of nitrogens with zero attached hydrogens (tertiary/aromatic N) is 1. The molecule has 1 aliphatic heterocycles. The topological polar surface area (TPSA) is 71.1 Å². The summed E-state index contributed by atoms with van der Waals surface area (Å²) in [4.78, 5) is 29.0. The summed E-state index contributed by atoms with van der Waals surface area (Å²) in [6, 6.07) is 10.9. The molecule has 0 radical (unpaired) electrons. The molecule has 1 aromatic heterocycles. The molecular weight excluding hydrogens is 298 g/mol. The zero-order valence-corrected chi connectivity index (χ0v) is 12.8. The normalized spacial score (nSPS) is 16.6. The zero-order valence-electron chi connectivity index (χ0n) is 12.0. The smallest absolute Gasteiger partial charge is 0.251 e. The van der Waals surface area contributed by atoms with E-state index in [0.29, 0.717) is 17.8 Å². The van der Waals surface area contributed by atoms with Gasteiger partial charge in [-0.05, 0) is 37.3 Å². The number of aromatic nitrogens is 1. The third kappa shape index (κ3) is 3.12. The summed E-state index contributed by atoms with van der Waals surface area (Å²) >= 11 is 1.50. The molecule has 0 aliphatic carbocycles.